The van der Waals surface area contributed by atoms with E-state index in [-0.39, 0.29) is 6.04 Å². The Bertz CT molecular complexity index is 187. The Kier molecular flexibility index (Phi) is 3.54. The molecule has 0 aromatic carbocycles. The average Bonchev–Trinajstić information content (AvgIpc) is 2.67. The molecule has 0 aliphatic heterocycles. The van der Waals surface area contributed by atoms with Crippen LogP contribution in [0.5, 0.6) is 0 Å². The van der Waals surface area contributed by atoms with Gasteiger partial charge in [0.15, 0.2) is 5.84 Å². The zero-order valence-electron chi connectivity index (χ0n) is 8.40. The van der Waals surface area contributed by atoms with Crippen molar-refractivity contribution >= 4 is 5.84 Å². The van der Waals surface area contributed by atoms with E-state index in [1.54, 1.807) is 0 Å². The van der Waals surface area contributed by atoms with E-state index in [2.05, 4.69) is 10.1 Å². The van der Waals surface area contributed by atoms with E-state index < -0.39 is 0 Å². The number of hydrogen-bond acceptors (Lipinski definition) is 3. The van der Waals surface area contributed by atoms with Gasteiger partial charge in [-0.1, -0.05) is 18.0 Å². The number of likely N-dealkylation sites (N-methyl/N-ethyl adjacent to an activating group) is 1. The highest BCUT2D eigenvalue weighted by Crippen LogP contribution is 2.23. The Hall–Kier alpha value is -0.770. The average molecular weight is 185 g/mol. The lowest BCUT2D eigenvalue weighted by atomic mass is 10.1. The molecule has 0 saturated heterocycles. The van der Waals surface area contributed by atoms with Gasteiger partial charge < -0.3 is 10.9 Å². The van der Waals surface area contributed by atoms with Crippen molar-refractivity contribution in [2.24, 2.45) is 10.9 Å². The first-order valence-electron chi connectivity index (χ1n) is 4.86. The van der Waals surface area contributed by atoms with Crippen molar-refractivity contribution in [3.05, 3.63) is 0 Å². The Morgan fingerprint density at radius 3 is 2.54 bits per heavy atom. The maximum Gasteiger partial charge on any atom is 0.156 e. The second-order valence-electron chi connectivity index (χ2n) is 3.80. The fourth-order valence-corrected chi connectivity index (χ4v) is 1.92. The Morgan fingerprint density at radius 1 is 1.54 bits per heavy atom. The Labute approximate surface area is 79.4 Å². The van der Waals surface area contributed by atoms with Crippen molar-refractivity contribution in [2.45, 2.75) is 44.7 Å². The van der Waals surface area contributed by atoms with E-state index in [1.807, 2.05) is 14.0 Å². The standard InChI is InChI=1S/C9H19N3O/c1-7(9(10)11-13)12(2)8-5-3-4-6-8/h7-8,13H,3-6H2,1-2H3,(H2,10,11). The Morgan fingerprint density at radius 2 is 2.08 bits per heavy atom. The van der Waals surface area contributed by atoms with Crippen molar-refractivity contribution < 1.29 is 5.21 Å². The second-order valence-corrected chi connectivity index (χ2v) is 3.80. The van der Waals surface area contributed by atoms with E-state index in [4.69, 9.17) is 10.9 Å². The molecule has 1 saturated carbocycles. The second kappa shape index (κ2) is 4.46. The predicted molar refractivity (Wildman–Crippen MR) is 52.9 cm³/mol. The summed E-state index contributed by atoms with van der Waals surface area (Å²) in [5.41, 5.74) is 5.54. The van der Waals surface area contributed by atoms with E-state index >= 15 is 0 Å². The van der Waals surface area contributed by atoms with Gasteiger partial charge in [-0.3, -0.25) is 4.90 Å². The molecule has 1 atom stereocenters. The van der Waals surface area contributed by atoms with Crippen LogP contribution in [0.15, 0.2) is 5.16 Å². The first-order valence-corrected chi connectivity index (χ1v) is 4.86. The van der Waals surface area contributed by atoms with Crippen LogP contribution >= 0.6 is 0 Å². The highest BCUT2D eigenvalue weighted by Gasteiger charge is 2.24. The quantitative estimate of drug-likeness (QED) is 0.298. The lowest BCUT2D eigenvalue weighted by Gasteiger charge is -2.29. The van der Waals surface area contributed by atoms with Crippen LogP contribution in [0.25, 0.3) is 0 Å². The van der Waals surface area contributed by atoms with Crippen LogP contribution in [0, 0.1) is 0 Å². The maximum atomic E-state index is 8.53. The van der Waals surface area contributed by atoms with E-state index in [1.165, 1.54) is 25.7 Å². The third-order valence-electron chi connectivity index (χ3n) is 3.06. The van der Waals surface area contributed by atoms with Gasteiger partial charge >= 0.3 is 0 Å². The number of amidine groups is 1. The molecule has 1 aliphatic rings. The van der Waals surface area contributed by atoms with Gasteiger partial charge in [0.2, 0.25) is 0 Å². The first-order chi connectivity index (χ1) is 6.16. The summed E-state index contributed by atoms with van der Waals surface area (Å²) in [5.74, 6) is 0.300. The van der Waals surface area contributed by atoms with Gasteiger partial charge in [0.25, 0.3) is 0 Å². The van der Waals surface area contributed by atoms with Crippen molar-refractivity contribution in [2.75, 3.05) is 7.05 Å². The largest absolute Gasteiger partial charge is 0.409 e. The zero-order valence-corrected chi connectivity index (χ0v) is 8.40. The van der Waals surface area contributed by atoms with Gasteiger partial charge in [0.05, 0.1) is 6.04 Å². The number of nitrogens with two attached hydrogens (primary N) is 1. The molecule has 4 heteroatoms. The summed E-state index contributed by atoms with van der Waals surface area (Å²) in [6.07, 6.45) is 5.08. The van der Waals surface area contributed by atoms with E-state index in [0.29, 0.717) is 11.9 Å². The highest BCUT2D eigenvalue weighted by molar-refractivity contribution is 5.84. The van der Waals surface area contributed by atoms with Gasteiger partial charge in [-0.25, -0.2) is 0 Å². The third-order valence-corrected chi connectivity index (χ3v) is 3.06. The molecule has 0 aromatic rings. The van der Waals surface area contributed by atoms with Crippen molar-refractivity contribution in [3.8, 4) is 0 Å². The normalized spacial score (nSPS) is 22.5. The van der Waals surface area contributed by atoms with Gasteiger partial charge in [-0.2, -0.15) is 0 Å². The molecule has 1 rings (SSSR count). The molecule has 76 valence electrons. The fraction of sp³-hybridized carbons (Fsp3) is 0.889. The maximum absolute atomic E-state index is 8.53. The molecular weight excluding hydrogens is 166 g/mol. The smallest absolute Gasteiger partial charge is 0.156 e. The van der Waals surface area contributed by atoms with Crippen LogP contribution in [0.3, 0.4) is 0 Å². The summed E-state index contributed by atoms with van der Waals surface area (Å²) in [4.78, 5) is 2.20. The third kappa shape index (κ3) is 2.34. The van der Waals surface area contributed by atoms with Gasteiger partial charge in [-0.05, 0) is 26.8 Å². The van der Waals surface area contributed by atoms with Crippen LogP contribution in [0.1, 0.15) is 32.6 Å². The summed E-state index contributed by atoms with van der Waals surface area (Å²) in [6.45, 7) is 1.97. The van der Waals surface area contributed by atoms with Gasteiger partial charge in [0.1, 0.15) is 0 Å². The van der Waals surface area contributed by atoms with E-state index in [9.17, 15) is 0 Å². The first kappa shape index (κ1) is 10.3. The molecule has 1 aliphatic carbocycles. The zero-order chi connectivity index (χ0) is 9.84. The van der Waals surface area contributed by atoms with Crippen LogP contribution in [-0.4, -0.2) is 35.1 Å². The minimum absolute atomic E-state index is 0.0353. The molecule has 0 spiro atoms. The molecule has 13 heavy (non-hydrogen) atoms. The van der Waals surface area contributed by atoms with Crippen LogP contribution in [0.4, 0.5) is 0 Å². The summed E-state index contributed by atoms with van der Waals surface area (Å²) < 4.78 is 0. The van der Waals surface area contributed by atoms with E-state index in [0.717, 1.165) is 0 Å². The highest BCUT2D eigenvalue weighted by atomic mass is 16.4. The summed E-state index contributed by atoms with van der Waals surface area (Å²) in [7, 11) is 2.04. The minimum atomic E-state index is 0.0353. The summed E-state index contributed by atoms with van der Waals surface area (Å²) in [5, 5.41) is 11.6. The molecule has 1 fully saturated rings. The van der Waals surface area contributed by atoms with Crippen LogP contribution in [0.2, 0.25) is 0 Å². The molecule has 0 amide bonds. The van der Waals surface area contributed by atoms with Crippen molar-refractivity contribution in [1.29, 1.82) is 0 Å². The minimum Gasteiger partial charge on any atom is -0.409 e. The van der Waals surface area contributed by atoms with Crippen molar-refractivity contribution in [3.63, 3.8) is 0 Å². The SMILES string of the molecule is CC(/C(N)=N/O)N(C)C1CCCC1. The van der Waals surface area contributed by atoms with Crippen LogP contribution < -0.4 is 5.73 Å². The van der Waals surface area contributed by atoms with Gasteiger partial charge in [-0.15, -0.1) is 0 Å². The summed E-state index contributed by atoms with van der Waals surface area (Å²) >= 11 is 0. The predicted octanol–water partition coefficient (Wildman–Crippen LogP) is 0.996. The number of rotatable bonds is 3. The lowest BCUT2D eigenvalue weighted by Crippen LogP contribution is -2.45. The van der Waals surface area contributed by atoms with Crippen LogP contribution in [-0.2, 0) is 0 Å². The molecule has 4 nitrogen and oxygen atoms in total. The molecule has 0 heterocycles. The number of hydrogen-bond donors (Lipinski definition) is 2. The molecule has 0 aromatic heterocycles. The Balaban J connectivity index is 2.50. The topological polar surface area (TPSA) is 61.9 Å². The summed E-state index contributed by atoms with van der Waals surface area (Å²) in [6, 6.07) is 0.642. The molecule has 0 bridgehead atoms. The molecular formula is C9H19N3O. The number of nitrogens with zero attached hydrogens (tertiary/aromatic N) is 2. The monoisotopic (exact) mass is 185 g/mol. The molecule has 1 unspecified atom stereocenters. The lowest BCUT2D eigenvalue weighted by molar-refractivity contribution is 0.219. The number of oxime groups is 1. The fourth-order valence-electron chi connectivity index (χ4n) is 1.92. The van der Waals surface area contributed by atoms with Gasteiger partial charge in [0, 0.05) is 6.04 Å². The molecule has 3 N–H and O–H groups in total. The molecule has 0 radical (unpaired) electrons. The van der Waals surface area contributed by atoms with Crippen molar-refractivity contribution in [1.82, 2.24) is 4.90 Å².